The minimum atomic E-state index is -0.592. The Hall–Kier alpha value is -2.43. The van der Waals surface area contributed by atoms with Gasteiger partial charge in [-0.15, -0.1) is 0 Å². The van der Waals surface area contributed by atoms with Crippen LogP contribution < -0.4 is 10.9 Å². The summed E-state index contributed by atoms with van der Waals surface area (Å²) in [6.45, 7) is 11.7. The van der Waals surface area contributed by atoms with Crippen molar-refractivity contribution in [2.45, 2.75) is 54.4 Å². The second-order valence-electron chi connectivity index (χ2n) is 6.97. The Labute approximate surface area is 148 Å². The number of hydrogen-bond donors (Lipinski definition) is 1. The highest BCUT2D eigenvalue weighted by molar-refractivity contribution is 6.05. The minimum Gasteiger partial charge on any atom is -0.427 e. The molecular formula is C20H26N2O3. The van der Waals surface area contributed by atoms with E-state index in [1.165, 1.54) is 0 Å². The van der Waals surface area contributed by atoms with E-state index in [9.17, 15) is 9.59 Å². The van der Waals surface area contributed by atoms with E-state index in [1.807, 2.05) is 26.8 Å². The van der Waals surface area contributed by atoms with Crippen LogP contribution in [0.2, 0.25) is 0 Å². The summed E-state index contributed by atoms with van der Waals surface area (Å²) in [6, 6.07) is 3.65. The molecule has 2 aromatic rings. The van der Waals surface area contributed by atoms with Gasteiger partial charge in [-0.05, 0) is 63.3 Å². The zero-order chi connectivity index (χ0) is 18.7. The van der Waals surface area contributed by atoms with Crippen molar-refractivity contribution < 1.29 is 9.21 Å². The Morgan fingerprint density at radius 3 is 2.40 bits per heavy atom. The molecule has 0 saturated carbocycles. The number of aryl methyl sites for hydroxylation is 5. The smallest absolute Gasteiger partial charge is 0.349 e. The van der Waals surface area contributed by atoms with Gasteiger partial charge in [-0.2, -0.15) is 0 Å². The molecule has 0 saturated heterocycles. The van der Waals surface area contributed by atoms with E-state index in [1.54, 1.807) is 13.0 Å². The van der Waals surface area contributed by atoms with Crippen LogP contribution in [0.4, 0.5) is 5.69 Å². The molecule has 2 rings (SSSR count). The highest BCUT2D eigenvalue weighted by Gasteiger charge is 2.18. The Bertz CT molecular complexity index is 851. The van der Waals surface area contributed by atoms with Crippen LogP contribution in [0.3, 0.4) is 0 Å². The topological polar surface area (TPSA) is 72.2 Å². The van der Waals surface area contributed by atoms with Crippen LogP contribution in [0.1, 0.15) is 58.9 Å². The number of nitrogens with one attached hydrogen (secondary N) is 1. The van der Waals surface area contributed by atoms with Gasteiger partial charge in [0.2, 0.25) is 0 Å². The molecule has 1 N–H and O–H groups in total. The molecule has 5 nitrogen and oxygen atoms in total. The summed E-state index contributed by atoms with van der Waals surface area (Å²) in [5.74, 6) is 0.681. The van der Waals surface area contributed by atoms with Gasteiger partial charge in [0.1, 0.15) is 11.3 Å². The van der Waals surface area contributed by atoms with Crippen LogP contribution in [-0.2, 0) is 6.42 Å². The van der Waals surface area contributed by atoms with Crippen molar-refractivity contribution in [1.29, 1.82) is 0 Å². The van der Waals surface area contributed by atoms with Gasteiger partial charge in [-0.25, -0.2) is 4.79 Å². The summed E-state index contributed by atoms with van der Waals surface area (Å²) in [7, 11) is 0. The Kier molecular flexibility index (Phi) is 5.77. The molecule has 1 amide bonds. The van der Waals surface area contributed by atoms with Gasteiger partial charge in [0.25, 0.3) is 5.91 Å². The van der Waals surface area contributed by atoms with Gasteiger partial charge in [-0.1, -0.05) is 13.8 Å². The maximum absolute atomic E-state index is 12.6. The van der Waals surface area contributed by atoms with E-state index in [2.05, 4.69) is 24.1 Å². The SMILES string of the molecule is Cc1cc(NC(=O)c2c(C)cc(CCC(C)C)oc2=O)c(C)nc1C. The number of carbonyl (C=O) groups excluding carboxylic acids is 1. The fourth-order valence-corrected chi connectivity index (χ4v) is 2.64. The first-order valence-electron chi connectivity index (χ1n) is 8.58. The average molecular weight is 342 g/mol. The lowest BCUT2D eigenvalue weighted by molar-refractivity contribution is 0.102. The first-order chi connectivity index (χ1) is 11.7. The molecule has 0 aliphatic heterocycles. The Balaban J connectivity index is 2.28. The molecule has 134 valence electrons. The summed E-state index contributed by atoms with van der Waals surface area (Å²) >= 11 is 0. The zero-order valence-electron chi connectivity index (χ0n) is 15.8. The maximum Gasteiger partial charge on any atom is 0.349 e. The molecule has 0 aromatic carbocycles. The summed E-state index contributed by atoms with van der Waals surface area (Å²) in [4.78, 5) is 29.3. The van der Waals surface area contributed by atoms with E-state index < -0.39 is 11.5 Å². The van der Waals surface area contributed by atoms with E-state index >= 15 is 0 Å². The monoisotopic (exact) mass is 342 g/mol. The second-order valence-corrected chi connectivity index (χ2v) is 6.97. The standard InChI is InChI=1S/C20H26N2O3/c1-11(2)7-8-16-9-13(4)18(20(24)25-16)19(23)22-17-10-12(3)14(5)21-15(17)6/h9-11H,7-8H2,1-6H3,(H,22,23). The molecule has 0 aliphatic rings. The van der Waals surface area contributed by atoms with Gasteiger partial charge in [0.15, 0.2) is 0 Å². The lowest BCUT2D eigenvalue weighted by Crippen LogP contribution is -2.23. The summed E-state index contributed by atoms with van der Waals surface area (Å²) < 4.78 is 5.34. The number of rotatable bonds is 5. The molecular weight excluding hydrogens is 316 g/mol. The minimum absolute atomic E-state index is 0.0472. The van der Waals surface area contributed by atoms with Crippen molar-refractivity contribution in [2.75, 3.05) is 5.32 Å². The van der Waals surface area contributed by atoms with Crippen molar-refractivity contribution in [3.8, 4) is 0 Å². The lowest BCUT2D eigenvalue weighted by Gasteiger charge is -2.12. The molecule has 0 bridgehead atoms. The van der Waals surface area contributed by atoms with Gasteiger partial charge >= 0.3 is 5.63 Å². The Morgan fingerprint density at radius 1 is 1.12 bits per heavy atom. The van der Waals surface area contributed by atoms with Crippen molar-refractivity contribution >= 4 is 11.6 Å². The van der Waals surface area contributed by atoms with E-state index in [4.69, 9.17) is 4.42 Å². The number of pyridine rings is 1. The number of hydrogen-bond acceptors (Lipinski definition) is 4. The van der Waals surface area contributed by atoms with Crippen molar-refractivity contribution in [3.05, 3.63) is 56.4 Å². The number of nitrogens with zero attached hydrogens (tertiary/aromatic N) is 1. The highest BCUT2D eigenvalue weighted by Crippen LogP contribution is 2.18. The van der Waals surface area contributed by atoms with E-state index in [0.29, 0.717) is 35.0 Å². The van der Waals surface area contributed by atoms with Gasteiger partial charge in [0, 0.05) is 12.1 Å². The normalized spacial score (nSPS) is 11.0. The van der Waals surface area contributed by atoms with Crippen LogP contribution >= 0.6 is 0 Å². The van der Waals surface area contributed by atoms with Crippen LogP contribution in [0.25, 0.3) is 0 Å². The molecule has 0 fully saturated rings. The third kappa shape index (κ3) is 4.56. The van der Waals surface area contributed by atoms with Gasteiger partial charge in [0.05, 0.1) is 11.4 Å². The van der Waals surface area contributed by atoms with E-state index in [0.717, 1.165) is 17.7 Å². The third-order valence-corrected chi connectivity index (χ3v) is 4.30. The van der Waals surface area contributed by atoms with Gasteiger partial charge < -0.3 is 9.73 Å². The number of aromatic nitrogens is 1. The summed E-state index contributed by atoms with van der Waals surface area (Å²) in [5, 5.41) is 2.78. The van der Waals surface area contributed by atoms with E-state index in [-0.39, 0.29) is 5.56 Å². The first kappa shape index (κ1) is 18.9. The molecule has 0 aliphatic carbocycles. The largest absolute Gasteiger partial charge is 0.427 e. The zero-order valence-corrected chi connectivity index (χ0v) is 15.8. The van der Waals surface area contributed by atoms with Crippen LogP contribution in [0, 0.1) is 33.6 Å². The first-order valence-corrected chi connectivity index (χ1v) is 8.58. The number of carbonyl (C=O) groups is 1. The van der Waals surface area contributed by atoms with Crippen molar-refractivity contribution in [3.63, 3.8) is 0 Å². The number of amides is 1. The molecule has 0 unspecified atom stereocenters. The summed E-state index contributed by atoms with van der Waals surface area (Å²) in [6.07, 6.45) is 1.62. The van der Waals surface area contributed by atoms with Crippen LogP contribution in [-0.4, -0.2) is 10.9 Å². The predicted molar refractivity (Wildman–Crippen MR) is 99.3 cm³/mol. The molecule has 5 heteroatoms. The molecule has 2 aromatic heterocycles. The predicted octanol–water partition coefficient (Wildman–Crippen LogP) is 4.11. The fraction of sp³-hybridized carbons (Fsp3) is 0.450. The van der Waals surface area contributed by atoms with Crippen LogP contribution in [0.15, 0.2) is 21.3 Å². The molecule has 0 atom stereocenters. The quantitative estimate of drug-likeness (QED) is 0.887. The second kappa shape index (κ2) is 7.64. The molecule has 0 spiro atoms. The summed E-state index contributed by atoms with van der Waals surface area (Å²) in [5.41, 5.74) is 3.30. The Morgan fingerprint density at radius 2 is 1.80 bits per heavy atom. The van der Waals surface area contributed by atoms with Crippen molar-refractivity contribution in [2.24, 2.45) is 5.92 Å². The van der Waals surface area contributed by atoms with Crippen LogP contribution in [0.5, 0.6) is 0 Å². The number of anilines is 1. The average Bonchev–Trinajstić information content (AvgIpc) is 2.50. The van der Waals surface area contributed by atoms with Gasteiger partial charge in [-0.3, -0.25) is 9.78 Å². The fourth-order valence-electron chi connectivity index (χ4n) is 2.64. The molecule has 0 radical (unpaired) electrons. The lowest BCUT2D eigenvalue weighted by atomic mass is 10.0. The maximum atomic E-state index is 12.6. The third-order valence-electron chi connectivity index (χ3n) is 4.30. The molecule has 2 heterocycles. The highest BCUT2D eigenvalue weighted by atomic mass is 16.4. The van der Waals surface area contributed by atoms with Crippen molar-refractivity contribution in [1.82, 2.24) is 4.98 Å². The molecule has 25 heavy (non-hydrogen) atoms.